The van der Waals surface area contributed by atoms with E-state index in [9.17, 15) is 9.59 Å². The summed E-state index contributed by atoms with van der Waals surface area (Å²) < 4.78 is 0. The van der Waals surface area contributed by atoms with Crippen LogP contribution in [0.3, 0.4) is 0 Å². The first-order valence-corrected chi connectivity index (χ1v) is 11.3. The Morgan fingerprint density at radius 2 is 2.03 bits per heavy atom. The lowest BCUT2D eigenvalue weighted by Gasteiger charge is -2.35. The second-order valence-corrected chi connectivity index (χ2v) is 9.24. The van der Waals surface area contributed by atoms with Gasteiger partial charge in [0.2, 0.25) is 0 Å². The zero-order chi connectivity index (χ0) is 21.8. The highest BCUT2D eigenvalue weighted by Gasteiger charge is 2.48. The number of nitrogens with zero attached hydrogens (tertiary/aromatic N) is 4. The van der Waals surface area contributed by atoms with E-state index in [0.29, 0.717) is 29.4 Å². The first kappa shape index (κ1) is 19.4. The summed E-state index contributed by atoms with van der Waals surface area (Å²) in [6.07, 6.45) is 7.02. The minimum atomic E-state index is -0.0753. The maximum Gasteiger partial charge on any atom is 0.270 e. The number of carbonyl (C=O) groups is 1. The molecule has 3 aromatic rings. The molecule has 6 rings (SSSR count). The molecule has 2 saturated carbocycles. The van der Waals surface area contributed by atoms with Gasteiger partial charge in [0.15, 0.2) is 0 Å². The Bertz CT molecular complexity index is 1250. The van der Waals surface area contributed by atoms with E-state index in [4.69, 9.17) is 0 Å². The summed E-state index contributed by atoms with van der Waals surface area (Å²) in [5.41, 5.74) is 4.92. The van der Waals surface area contributed by atoms with E-state index < -0.39 is 0 Å². The number of aromatic amines is 1. The Morgan fingerprint density at radius 1 is 1.16 bits per heavy atom. The predicted octanol–water partition coefficient (Wildman–Crippen LogP) is 1.98. The largest absolute Gasteiger partial charge is 0.364 e. The highest BCUT2D eigenvalue weighted by molar-refractivity contribution is 5.92. The van der Waals surface area contributed by atoms with E-state index in [1.54, 1.807) is 6.92 Å². The topological polar surface area (TPSA) is 94.2 Å². The van der Waals surface area contributed by atoms with Crippen LogP contribution < -0.4 is 15.8 Å². The SMILES string of the molecule is Cc1cc2ncc(CN3CCN(c4ccc(C(=O)NC5CC5)nc4)[C@@H]4C[C@@H]43)cc2[nH]c1=O. The Hall–Kier alpha value is -3.26. The van der Waals surface area contributed by atoms with Gasteiger partial charge in [-0.2, -0.15) is 0 Å². The van der Waals surface area contributed by atoms with Gasteiger partial charge in [-0.15, -0.1) is 0 Å². The highest BCUT2D eigenvalue weighted by atomic mass is 16.2. The van der Waals surface area contributed by atoms with Crippen molar-refractivity contribution in [2.24, 2.45) is 0 Å². The number of hydrogen-bond donors (Lipinski definition) is 2. The number of rotatable bonds is 5. The number of aryl methyl sites for hydroxylation is 1. The van der Waals surface area contributed by atoms with Crippen LogP contribution in [0, 0.1) is 6.92 Å². The van der Waals surface area contributed by atoms with E-state index in [-0.39, 0.29) is 11.5 Å². The van der Waals surface area contributed by atoms with Gasteiger partial charge < -0.3 is 15.2 Å². The zero-order valence-electron chi connectivity index (χ0n) is 18.0. The molecule has 2 atom stereocenters. The van der Waals surface area contributed by atoms with Crippen molar-refractivity contribution in [2.45, 2.75) is 50.9 Å². The first-order chi connectivity index (χ1) is 15.5. The Balaban J connectivity index is 1.12. The molecule has 8 heteroatoms. The average molecular weight is 431 g/mol. The van der Waals surface area contributed by atoms with Crippen LogP contribution in [0.1, 0.15) is 40.9 Å². The van der Waals surface area contributed by atoms with Gasteiger partial charge in [0.1, 0.15) is 5.69 Å². The first-order valence-electron chi connectivity index (χ1n) is 11.3. The molecular weight excluding hydrogens is 404 g/mol. The van der Waals surface area contributed by atoms with Crippen LogP contribution in [0.2, 0.25) is 0 Å². The quantitative estimate of drug-likeness (QED) is 0.643. The second kappa shape index (κ2) is 7.41. The van der Waals surface area contributed by atoms with Crippen molar-refractivity contribution in [3.63, 3.8) is 0 Å². The summed E-state index contributed by atoms with van der Waals surface area (Å²) in [5.74, 6) is -0.0753. The number of anilines is 1. The highest BCUT2D eigenvalue weighted by Crippen LogP contribution is 2.40. The molecule has 3 aliphatic rings. The summed E-state index contributed by atoms with van der Waals surface area (Å²) in [6, 6.07) is 9.06. The van der Waals surface area contributed by atoms with Gasteiger partial charge in [0.25, 0.3) is 11.5 Å². The summed E-state index contributed by atoms with van der Waals surface area (Å²) in [4.78, 5) is 40.9. The van der Waals surface area contributed by atoms with Crippen LogP contribution in [0.5, 0.6) is 0 Å². The van der Waals surface area contributed by atoms with Crippen LogP contribution in [-0.4, -0.2) is 57.0 Å². The van der Waals surface area contributed by atoms with E-state index in [1.165, 1.54) is 0 Å². The third kappa shape index (κ3) is 3.64. The average Bonchev–Trinajstić information content (AvgIpc) is 3.70. The molecule has 3 fully saturated rings. The zero-order valence-corrected chi connectivity index (χ0v) is 18.0. The molecular formula is C24H26N6O2. The van der Waals surface area contributed by atoms with Crippen molar-refractivity contribution in [3.05, 3.63) is 63.8 Å². The number of piperazine rings is 1. The van der Waals surface area contributed by atoms with Gasteiger partial charge in [-0.05, 0) is 56.0 Å². The van der Waals surface area contributed by atoms with Crippen molar-refractivity contribution < 1.29 is 4.79 Å². The molecule has 1 amide bonds. The number of nitrogens with one attached hydrogen (secondary N) is 2. The molecule has 0 bridgehead atoms. The lowest BCUT2D eigenvalue weighted by Crippen LogP contribution is -2.46. The van der Waals surface area contributed by atoms with Crippen molar-refractivity contribution in [1.29, 1.82) is 0 Å². The third-order valence-electron chi connectivity index (χ3n) is 6.77. The molecule has 8 nitrogen and oxygen atoms in total. The summed E-state index contributed by atoms with van der Waals surface area (Å²) in [5, 5.41) is 2.99. The molecule has 1 saturated heterocycles. The standard InChI is InChI=1S/C24H26N6O2/c1-14-8-19-20(28-23(14)31)9-15(11-25-19)13-29-6-7-30(22-10-21(22)29)17-4-5-18(26-12-17)24(32)27-16-2-3-16/h4-5,8-9,11-12,16,21-22H,2-3,6-7,10,13H2,1H3,(H,27,32)(H,28,31)/t21-,22+/m0/s1. The summed E-state index contributed by atoms with van der Waals surface area (Å²) >= 11 is 0. The summed E-state index contributed by atoms with van der Waals surface area (Å²) in [7, 11) is 0. The predicted molar refractivity (Wildman–Crippen MR) is 122 cm³/mol. The fraction of sp³-hybridized carbons (Fsp3) is 0.417. The maximum absolute atomic E-state index is 12.2. The molecule has 4 heterocycles. The fourth-order valence-corrected chi connectivity index (χ4v) is 4.70. The van der Waals surface area contributed by atoms with Crippen LogP contribution in [0.4, 0.5) is 5.69 Å². The Morgan fingerprint density at radius 3 is 2.81 bits per heavy atom. The number of aromatic nitrogens is 3. The van der Waals surface area contributed by atoms with Crippen LogP contribution in [0.25, 0.3) is 11.0 Å². The van der Waals surface area contributed by atoms with Gasteiger partial charge >= 0.3 is 0 Å². The Labute approximate surface area is 185 Å². The Kier molecular flexibility index (Phi) is 4.50. The second-order valence-electron chi connectivity index (χ2n) is 9.24. The maximum atomic E-state index is 12.2. The molecule has 3 aromatic heterocycles. The lowest BCUT2D eigenvalue weighted by atomic mass is 10.2. The number of H-pyrrole nitrogens is 1. The minimum Gasteiger partial charge on any atom is -0.364 e. The molecule has 32 heavy (non-hydrogen) atoms. The number of amides is 1. The number of hydrogen-bond acceptors (Lipinski definition) is 6. The lowest BCUT2D eigenvalue weighted by molar-refractivity contribution is 0.0946. The van der Waals surface area contributed by atoms with Gasteiger partial charge in [-0.1, -0.05) is 0 Å². The normalized spacial score (nSPS) is 22.6. The summed E-state index contributed by atoms with van der Waals surface area (Å²) in [6.45, 7) is 4.50. The molecule has 2 N–H and O–H groups in total. The van der Waals surface area contributed by atoms with Crippen molar-refractivity contribution >= 4 is 22.6 Å². The molecule has 0 spiro atoms. The molecule has 2 aliphatic carbocycles. The van der Waals surface area contributed by atoms with Gasteiger partial charge in [0.05, 0.1) is 22.9 Å². The minimum absolute atomic E-state index is 0.0584. The monoisotopic (exact) mass is 430 g/mol. The fourth-order valence-electron chi connectivity index (χ4n) is 4.70. The van der Waals surface area contributed by atoms with E-state index in [2.05, 4.69) is 30.1 Å². The van der Waals surface area contributed by atoms with Crippen molar-refractivity contribution in [1.82, 2.24) is 25.2 Å². The van der Waals surface area contributed by atoms with Crippen LogP contribution >= 0.6 is 0 Å². The van der Waals surface area contributed by atoms with Crippen LogP contribution in [0.15, 0.2) is 41.5 Å². The molecule has 0 radical (unpaired) electrons. The van der Waals surface area contributed by atoms with E-state index >= 15 is 0 Å². The van der Waals surface area contributed by atoms with Crippen LogP contribution in [-0.2, 0) is 6.54 Å². The van der Waals surface area contributed by atoms with E-state index in [0.717, 1.165) is 61.2 Å². The molecule has 164 valence electrons. The van der Waals surface area contributed by atoms with E-state index in [1.807, 2.05) is 36.7 Å². The van der Waals surface area contributed by atoms with Crippen molar-refractivity contribution in [3.8, 4) is 0 Å². The van der Waals surface area contributed by atoms with Crippen molar-refractivity contribution in [2.75, 3.05) is 18.0 Å². The molecule has 1 aliphatic heterocycles. The number of pyridine rings is 3. The van der Waals surface area contributed by atoms with Gasteiger partial charge in [-0.25, -0.2) is 4.98 Å². The van der Waals surface area contributed by atoms with Gasteiger partial charge in [-0.3, -0.25) is 19.5 Å². The smallest absolute Gasteiger partial charge is 0.270 e. The molecule has 0 aromatic carbocycles. The number of carbonyl (C=O) groups excluding carboxylic acids is 1. The molecule has 0 unspecified atom stereocenters. The number of fused-ring (bicyclic) bond motifs is 2. The van der Waals surface area contributed by atoms with Gasteiger partial charge in [0, 0.05) is 49.5 Å². The third-order valence-corrected chi connectivity index (χ3v) is 6.77.